The first-order valence-electron chi connectivity index (χ1n) is 9.33. The predicted molar refractivity (Wildman–Crippen MR) is 101 cm³/mol. The zero-order valence-electron chi connectivity index (χ0n) is 15.8. The van der Waals surface area contributed by atoms with Gasteiger partial charge >= 0.3 is 0 Å². The number of halogens is 2. The fourth-order valence-corrected chi connectivity index (χ4v) is 3.33. The Morgan fingerprint density at radius 2 is 1.86 bits per heavy atom. The molecule has 1 amide bonds. The summed E-state index contributed by atoms with van der Waals surface area (Å²) in [5, 5.41) is 2.75. The van der Waals surface area contributed by atoms with Gasteiger partial charge < -0.3 is 14.8 Å². The molecule has 4 rings (SSSR count). The van der Waals surface area contributed by atoms with Gasteiger partial charge in [0.15, 0.2) is 17.3 Å². The molecule has 0 aromatic heterocycles. The molecule has 6 nitrogen and oxygen atoms in total. The van der Waals surface area contributed by atoms with E-state index in [1.54, 1.807) is 12.1 Å². The van der Waals surface area contributed by atoms with E-state index in [-0.39, 0.29) is 37.6 Å². The fraction of sp³-hybridized carbons (Fsp3) is 0.333. The van der Waals surface area contributed by atoms with Crippen molar-refractivity contribution in [3.8, 4) is 11.5 Å². The van der Waals surface area contributed by atoms with Crippen molar-refractivity contribution in [1.82, 2.24) is 4.90 Å². The summed E-state index contributed by atoms with van der Waals surface area (Å²) in [6, 6.07) is 6.73. The maximum Gasteiger partial charge on any atom is 0.238 e. The lowest BCUT2D eigenvalue weighted by molar-refractivity contribution is -0.117. The van der Waals surface area contributed by atoms with Gasteiger partial charge in [-0.05, 0) is 31.9 Å². The van der Waals surface area contributed by atoms with Crippen molar-refractivity contribution >= 4 is 17.4 Å². The minimum atomic E-state index is -0.637. The van der Waals surface area contributed by atoms with Crippen molar-refractivity contribution in [3.63, 3.8) is 0 Å². The van der Waals surface area contributed by atoms with Gasteiger partial charge in [-0.3, -0.25) is 14.5 Å². The van der Waals surface area contributed by atoms with Gasteiger partial charge in [0.25, 0.3) is 0 Å². The summed E-state index contributed by atoms with van der Waals surface area (Å²) in [4.78, 5) is 26.5. The summed E-state index contributed by atoms with van der Waals surface area (Å²) in [6.07, 6.45) is 1.83. The van der Waals surface area contributed by atoms with Crippen LogP contribution in [0.25, 0.3) is 0 Å². The number of anilines is 1. The van der Waals surface area contributed by atoms with Gasteiger partial charge in [0.05, 0.1) is 12.2 Å². The lowest BCUT2D eigenvalue weighted by Crippen LogP contribution is -2.35. The highest BCUT2D eigenvalue weighted by Gasteiger charge is 2.31. The molecule has 0 saturated heterocycles. The van der Waals surface area contributed by atoms with Crippen molar-refractivity contribution in [3.05, 3.63) is 53.1 Å². The third kappa shape index (κ3) is 4.37. The zero-order valence-corrected chi connectivity index (χ0v) is 15.8. The van der Waals surface area contributed by atoms with Crippen molar-refractivity contribution in [2.24, 2.45) is 0 Å². The maximum absolute atomic E-state index is 14.0. The number of amides is 1. The average Bonchev–Trinajstić information content (AvgIpc) is 3.41. The van der Waals surface area contributed by atoms with E-state index < -0.39 is 11.6 Å². The molecular formula is C21H20F2N2O4. The van der Waals surface area contributed by atoms with Crippen LogP contribution in [0.4, 0.5) is 14.5 Å². The van der Waals surface area contributed by atoms with E-state index in [1.165, 1.54) is 19.1 Å². The molecule has 152 valence electrons. The smallest absolute Gasteiger partial charge is 0.238 e. The van der Waals surface area contributed by atoms with E-state index in [4.69, 9.17) is 9.47 Å². The van der Waals surface area contributed by atoms with Crippen LogP contribution >= 0.6 is 0 Å². The van der Waals surface area contributed by atoms with Crippen LogP contribution in [0.5, 0.6) is 11.5 Å². The number of rotatable bonds is 7. The summed E-state index contributed by atoms with van der Waals surface area (Å²) in [6.45, 7) is 1.68. The lowest BCUT2D eigenvalue weighted by Gasteiger charge is -2.22. The Morgan fingerprint density at radius 3 is 2.52 bits per heavy atom. The number of fused-ring (bicyclic) bond motifs is 1. The highest BCUT2D eigenvalue weighted by atomic mass is 19.1. The lowest BCUT2D eigenvalue weighted by atomic mass is 10.1. The molecule has 8 heteroatoms. The molecule has 1 heterocycles. The summed E-state index contributed by atoms with van der Waals surface area (Å²) in [7, 11) is 0. The second-order valence-electron chi connectivity index (χ2n) is 7.23. The molecule has 1 N–H and O–H groups in total. The molecule has 2 aromatic carbocycles. The number of carbonyl (C=O) groups is 2. The number of carbonyl (C=O) groups excluding carboxylic acids is 2. The predicted octanol–water partition coefficient (Wildman–Crippen LogP) is 3.50. The normalized spacial score (nSPS) is 14.9. The van der Waals surface area contributed by atoms with Crippen LogP contribution in [0, 0.1) is 11.6 Å². The molecule has 2 aliphatic rings. The number of hydrogen-bond acceptors (Lipinski definition) is 5. The Kier molecular flexibility index (Phi) is 5.19. The standard InChI is InChI=1S/C21H20F2N2O4/c1-12(26)16-7-19-20(29-11-28-19)8-18(16)24-21(27)10-25(15-4-5-15)9-13-2-3-14(22)6-17(13)23/h2-3,6-8,15H,4-5,9-11H2,1H3,(H,24,27). The number of nitrogens with one attached hydrogen (secondary N) is 1. The van der Waals surface area contributed by atoms with Crippen LogP contribution in [0.3, 0.4) is 0 Å². The van der Waals surface area contributed by atoms with Gasteiger partial charge in [0, 0.05) is 35.8 Å². The summed E-state index contributed by atoms with van der Waals surface area (Å²) < 4.78 is 37.8. The van der Waals surface area contributed by atoms with Gasteiger partial charge in [-0.15, -0.1) is 0 Å². The van der Waals surface area contributed by atoms with Crippen LogP contribution < -0.4 is 14.8 Å². The fourth-order valence-electron chi connectivity index (χ4n) is 3.33. The Morgan fingerprint density at radius 1 is 1.14 bits per heavy atom. The van der Waals surface area contributed by atoms with E-state index in [2.05, 4.69) is 5.32 Å². The first-order chi connectivity index (χ1) is 13.9. The van der Waals surface area contributed by atoms with Crippen molar-refractivity contribution in [2.45, 2.75) is 32.4 Å². The molecule has 29 heavy (non-hydrogen) atoms. The minimum absolute atomic E-state index is 0.0211. The number of benzene rings is 2. The second kappa shape index (κ2) is 7.79. The van der Waals surface area contributed by atoms with Crippen molar-refractivity contribution in [2.75, 3.05) is 18.7 Å². The molecule has 1 saturated carbocycles. The van der Waals surface area contributed by atoms with Crippen LogP contribution in [0.1, 0.15) is 35.7 Å². The monoisotopic (exact) mass is 402 g/mol. The molecule has 2 aromatic rings. The second-order valence-corrected chi connectivity index (χ2v) is 7.23. The number of Topliss-reactive ketones (excluding diaryl/α,β-unsaturated/α-hetero) is 1. The average molecular weight is 402 g/mol. The van der Waals surface area contributed by atoms with E-state index in [1.807, 2.05) is 4.90 Å². The minimum Gasteiger partial charge on any atom is -0.454 e. The summed E-state index contributed by atoms with van der Waals surface area (Å²) >= 11 is 0. The molecule has 0 radical (unpaired) electrons. The van der Waals surface area contributed by atoms with E-state index in [9.17, 15) is 18.4 Å². The highest BCUT2D eigenvalue weighted by molar-refractivity contribution is 6.05. The van der Waals surface area contributed by atoms with E-state index in [0.717, 1.165) is 18.9 Å². The van der Waals surface area contributed by atoms with Crippen molar-refractivity contribution in [1.29, 1.82) is 0 Å². The molecule has 0 bridgehead atoms. The van der Waals surface area contributed by atoms with Crippen LogP contribution in [-0.2, 0) is 11.3 Å². The van der Waals surface area contributed by atoms with E-state index >= 15 is 0 Å². The summed E-state index contributed by atoms with van der Waals surface area (Å²) in [5.41, 5.74) is 0.999. The molecule has 1 fully saturated rings. The van der Waals surface area contributed by atoms with Gasteiger partial charge in [0.1, 0.15) is 11.6 Å². The van der Waals surface area contributed by atoms with Crippen LogP contribution in [0.2, 0.25) is 0 Å². The first kappa shape index (κ1) is 19.3. The number of ketones is 1. The van der Waals surface area contributed by atoms with Gasteiger partial charge in [-0.25, -0.2) is 8.78 Å². The molecule has 0 spiro atoms. The van der Waals surface area contributed by atoms with Crippen molar-refractivity contribution < 1.29 is 27.8 Å². The van der Waals surface area contributed by atoms with Crippen LogP contribution in [0.15, 0.2) is 30.3 Å². The molecular weight excluding hydrogens is 382 g/mol. The highest BCUT2D eigenvalue weighted by Crippen LogP contribution is 2.37. The molecule has 1 aliphatic carbocycles. The Labute approximate surface area is 166 Å². The number of ether oxygens (including phenoxy) is 2. The largest absolute Gasteiger partial charge is 0.454 e. The third-order valence-corrected chi connectivity index (χ3v) is 4.96. The first-order valence-corrected chi connectivity index (χ1v) is 9.33. The zero-order chi connectivity index (χ0) is 20.5. The quantitative estimate of drug-likeness (QED) is 0.718. The van der Waals surface area contributed by atoms with Crippen LogP contribution in [-0.4, -0.2) is 36.0 Å². The summed E-state index contributed by atoms with van der Waals surface area (Å²) in [5.74, 6) is -0.906. The van der Waals surface area contributed by atoms with Gasteiger partial charge in [-0.2, -0.15) is 0 Å². The molecule has 0 atom stereocenters. The molecule has 1 aliphatic heterocycles. The number of nitrogens with zero attached hydrogens (tertiary/aromatic N) is 1. The maximum atomic E-state index is 14.0. The van der Waals surface area contributed by atoms with Gasteiger partial charge in [-0.1, -0.05) is 6.07 Å². The Bertz CT molecular complexity index is 975. The van der Waals surface area contributed by atoms with E-state index in [0.29, 0.717) is 28.3 Å². The van der Waals surface area contributed by atoms with Gasteiger partial charge in [0.2, 0.25) is 12.7 Å². The topological polar surface area (TPSA) is 67.9 Å². The Balaban J connectivity index is 1.48. The molecule has 0 unspecified atom stereocenters. The Hall–Kier alpha value is -3.00. The third-order valence-electron chi connectivity index (χ3n) is 4.96. The number of hydrogen-bond donors (Lipinski definition) is 1. The SMILES string of the molecule is CC(=O)c1cc2c(cc1NC(=O)CN(Cc1ccc(F)cc1F)C1CC1)OCO2.